The van der Waals surface area contributed by atoms with E-state index in [-0.39, 0.29) is 13.2 Å². The standard InChI is InChI=1S/C13H17NO3/c1-2-17-13(16)9-14-12(10-15)8-11-6-4-3-5-7-11/h3-7,10,12,14H,2,8-9H2,1H3/t12-/m0/s1/i/hD. The topological polar surface area (TPSA) is 55.4 Å². The summed E-state index contributed by atoms with van der Waals surface area (Å²) in [4.78, 5) is 22.2. The molecule has 1 rings (SSSR count). The van der Waals surface area contributed by atoms with Crippen molar-refractivity contribution in [2.24, 2.45) is 0 Å². The molecule has 4 nitrogen and oxygen atoms in total. The minimum atomic E-state index is -0.642. The molecule has 1 N–H and O–H groups in total. The number of benzene rings is 1. The lowest BCUT2D eigenvalue weighted by Crippen LogP contribution is -2.37. The van der Waals surface area contributed by atoms with E-state index in [1.54, 1.807) is 6.92 Å². The minimum absolute atomic E-state index is 0.204. The molecule has 92 valence electrons. The number of hydrogen-bond donors (Lipinski definition) is 1. The maximum atomic E-state index is 11.2. The van der Waals surface area contributed by atoms with Gasteiger partial charge in [0.2, 0.25) is 0 Å². The number of carbonyl (C=O) groups is 2. The molecule has 0 aliphatic rings. The Morgan fingerprint density at radius 1 is 1.53 bits per heavy atom. The summed E-state index contributed by atoms with van der Waals surface area (Å²) in [6.07, 6.45) is 1.09. The minimum Gasteiger partial charge on any atom is -0.465 e. The summed E-state index contributed by atoms with van der Waals surface area (Å²) in [5, 5.41) is 0.956. The largest absolute Gasteiger partial charge is 0.465 e. The Bertz CT molecular complexity index is 383. The van der Waals surface area contributed by atoms with E-state index in [4.69, 9.17) is 6.15 Å². The summed E-state index contributed by atoms with van der Waals surface area (Å²) in [5.74, 6) is -0.493. The number of ether oxygens (including phenoxy) is 1. The average Bonchev–Trinajstić information content (AvgIpc) is 2.37. The summed E-state index contributed by atoms with van der Waals surface area (Å²) < 4.78 is 12.4. The maximum absolute atomic E-state index is 11.2. The number of nitrogens with one attached hydrogen (secondary N) is 1. The highest BCUT2D eigenvalue weighted by Gasteiger charge is 2.10. The van der Waals surface area contributed by atoms with Gasteiger partial charge in [0.05, 0.1) is 19.2 Å². The van der Waals surface area contributed by atoms with Gasteiger partial charge >= 0.3 is 5.97 Å². The second kappa shape index (κ2) is 7.57. The number of rotatable bonds is 7. The van der Waals surface area contributed by atoms with E-state index in [0.717, 1.165) is 10.9 Å². The van der Waals surface area contributed by atoms with Crippen LogP contribution in [0.5, 0.6) is 0 Å². The van der Waals surface area contributed by atoms with Crippen LogP contribution >= 0.6 is 0 Å². The molecule has 0 fully saturated rings. The molecule has 0 aromatic heterocycles. The fourth-order valence-corrected chi connectivity index (χ4v) is 1.41. The Balaban J connectivity index is 2.55. The van der Waals surface area contributed by atoms with Crippen molar-refractivity contribution in [3.63, 3.8) is 0 Å². The van der Waals surface area contributed by atoms with Crippen LogP contribution in [0.1, 0.15) is 12.5 Å². The molecule has 1 aromatic carbocycles. The Hall–Kier alpha value is -1.68. The summed E-state index contributed by atoms with van der Waals surface area (Å²) in [6, 6.07) is 8.75. The maximum Gasteiger partial charge on any atom is 0.319 e. The zero-order valence-electron chi connectivity index (χ0n) is 10.8. The highest BCUT2D eigenvalue weighted by Crippen LogP contribution is 2.01. The van der Waals surface area contributed by atoms with E-state index in [0.29, 0.717) is 12.7 Å². The van der Waals surface area contributed by atoms with Crippen molar-refractivity contribution in [1.82, 2.24) is 5.31 Å². The molecule has 0 radical (unpaired) electrons. The molecule has 4 heteroatoms. The average molecular weight is 236 g/mol. The third-order valence-corrected chi connectivity index (χ3v) is 2.20. The summed E-state index contributed by atoms with van der Waals surface area (Å²) in [7, 11) is 0. The second-order valence-electron chi connectivity index (χ2n) is 3.54. The molecule has 0 amide bonds. The van der Waals surface area contributed by atoms with E-state index in [1.807, 2.05) is 30.3 Å². The van der Waals surface area contributed by atoms with E-state index < -0.39 is 12.0 Å². The fourth-order valence-electron chi connectivity index (χ4n) is 1.41. The molecule has 17 heavy (non-hydrogen) atoms. The Labute approximate surface area is 102 Å². The van der Waals surface area contributed by atoms with Gasteiger partial charge in [-0.3, -0.25) is 10.1 Å². The van der Waals surface area contributed by atoms with Gasteiger partial charge in [-0.2, -0.15) is 0 Å². The van der Waals surface area contributed by atoms with Gasteiger partial charge < -0.3 is 9.53 Å². The molecule has 0 aliphatic carbocycles. The Morgan fingerprint density at radius 3 is 2.82 bits per heavy atom. The Kier molecular flexibility index (Phi) is 5.25. The van der Waals surface area contributed by atoms with E-state index >= 15 is 0 Å². The zero-order valence-corrected chi connectivity index (χ0v) is 9.83. The van der Waals surface area contributed by atoms with Gasteiger partial charge in [0, 0.05) is 0 Å². The van der Waals surface area contributed by atoms with Crippen LogP contribution in [0.15, 0.2) is 30.3 Å². The van der Waals surface area contributed by atoms with Crippen LogP contribution in [0.4, 0.5) is 0 Å². The van der Waals surface area contributed by atoms with Crippen LogP contribution in [0.25, 0.3) is 0 Å². The number of esters is 1. The van der Waals surface area contributed by atoms with Gasteiger partial charge in [-0.1, -0.05) is 30.3 Å². The molecule has 0 aliphatic heterocycles. The van der Waals surface area contributed by atoms with Gasteiger partial charge in [0.15, 0.2) is 0 Å². The monoisotopic (exact) mass is 236 g/mol. The zero-order chi connectivity index (χ0) is 13.4. The number of hydrogen-bond acceptors (Lipinski definition) is 4. The van der Waals surface area contributed by atoms with Crippen molar-refractivity contribution in [3.05, 3.63) is 35.9 Å². The highest BCUT2D eigenvalue weighted by atomic mass is 16.5. The van der Waals surface area contributed by atoms with Gasteiger partial charge in [-0.25, -0.2) is 0 Å². The predicted octanol–water partition coefficient (Wildman–Crippen LogP) is 0.949. The normalized spacial score (nSPS) is 12.9. The molecule has 0 spiro atoms. The lowest BCUT2D eigenvalue weighted by atomic mass is 10.1. The molecular formula is C13H17NO3. The summed E-state index contributed by atoms with van der Waals surface area (Å²) >= 11 is 0. The van der Waals surface area contributed by atoms with Gasteiger partial charge in [0.25, 0.3) is 0 Å². The first-order valence-electron chi connectivity index (χ1n) is 6.02. The highest BCUT2D eigenvalue weighted by molar-refractivity contribution is 5.72. The smallest absolute Gasteiger partial charge is 0.319 e. The van der Waals surface area contributed by atoms with Crippen LogP contribution in [-0.2, 0) is 20.7 Å². The van der Waals surface area contributed by atoms with E-state index in [2.05, 4.69) is 0 Å². The van der Waals surface area contributed by atoms with Crippen molar-refractivity contribution in [3.8, 4) is 0 Å². The van der Waals surface area contributed by atoms with Crippen LogP contribution < -0.4 is 5.31 Å². The lowest BCUT2D eigenvalue weighted by molar-refractivity contribution is -0.142. The summed E-state index contributed by atoms with van der Waals surface area (Å²) in [6.45, 7) is 1.77. The van der Waals surface area contributed by atoms with Crippen LogP contribution in [0.3, 0.4) is 0 Å². The van der Waals surface area contributed by atoms with Crippen molar-refractivity contribution in [2.75, 3.05) is 13.2 Å². The molecular weight excluding hydrogens is 218 g/mol. The molecule has 1 aromatic rings. The van der Waals surface area contributed by atoms with Crippen molar-refractivity contribution >= 4 is 12.3 Å². The molecule has 0 heterocycles. The first kappa shape index (κ1) is 11.8. The number of carbonyl (C=O) groups excluding carboxylic acids is 2. The van der Waals surface area contributed by atoms with Gasteiger partial charge in [0.1, 0.15) is 7.70 Å². The fraction of sp³-hybridized carbons (Fsp3) is 0.385. The quantitative estimate of drug-likeness (QED) is 0.565. The molecule has 0 unspecified atom stereocenters. The third-order valence-electron chi connectivity index (χ3n) is 2.20. The molecule has 0 bridgehead atoms. The first-order chi connectivity index (χ1) is 8.67. The summed E-state index contributed by atoms with van der Waals surface area (Å²) in [5.41, 5.74) is 0.954. The SMILES string of the molecule is [2H]N(CC(=O)OCC)[C@H](C=O)Cc1ccccc1. The van der Waals surface area contributed by atoms with Crippen molar-refractivity contribution in [1.29, 1.82) is 0 Å². The first-order valence-corrected chi connectivity index (χ1v) is 5.57. The van der Waals surface area contributed by atoms with Gasteiger partial charge in [-0.05, 0) is 18.9 Å². The molecule has 1 atom stereocenters. The van der Waals surface area contributed by atoms with Gasteiger partial charge in [-0.15, -0.1) is 0 Å². The van der Waals surface area contributed by atoms with Crippen LogP contribution in [-0.4, -0.2) is 31.4 Å². The third kappa shape index (κ3) is 5.26. The molecule has 0 saturated carbocycles. The predicted molar refractivity (Wildman–Crippen MR) is 64.6 cm³/mol. The van der Waals surface area contributed by atoms with Crippen molar-refractivity contribution < 1.29 is 15.7 Å². The number of aldehydes is 1. The second-order valence-corrected chi connectivity index (χ2v) is 3.54. The Morgan fingerprint density at radius 2 is 2.24 bits per heavy atom. The molecule has 0 saturated heterocycles. The van der Waals surface area contributed by atoms with E-state index in [1.165, 1.54) is 0 Å². The van der Waals surface area contributed by atoms with Crippen LogP contribution in [0, 0.1) is 0 Å². The van der Waals surface area contributed by atoms with Crippen molar-refractivity contribution in [2.45, 2.75) is 19.4 Å². The van der Waals surface area contributed by atoms with Crippen LogP contribution in [0.2, 0.25) is 1.41 Å². The van der Waals surface area contributed by atoms with E-state index in [9.17, 15) is 9.59 Å². The lowest BCUT2D eigenvalue weighted by Gasteiger charge is -2.11.